The number of amides is 1. The Bertz CT molecular complexity index is 302. The summed E-state index contributed by atoms with van der Waals surface area (Å²) in [6.07, 6.45) is 2.17. The maximum absolute atomic E-state index is 12.8. The summed E-state index contributed by atoms with van der Waals surface area (Å²) in [7, 11) is 0. The molecule has 1 N–H and O–H groups in total. The standard InChI is InChI=1S/C17H35N3O/c1-6-19(7-2)10-11-20(13-14(3)4)17(21)16-12-15(5)8-9-18-16/h14-16,18H,6-13H2,1-5H3. The average Bonchev–Trinajstić information content (AvgIpc) is 2.46. The van der Waals surface area contributed by atoms with Crippen LogP contribution in [0.25, 0.3) is 0 Å². The van der Waals surface area contributed by atoms with E-state index in [0.29, 0.717) is 17.7 Å². The molecule has 0 aromatic carbocycles. The van der Waals surface area contributed by atoms with Crippen molar-refractivity contribution in [2.45, 2.75) is 53.5 Å². The van der Waals surface area contributed by atoms with Crippen molar-refractivity contribution in [3.63, 3.8) is 0 Å². The van der Waals surface area contributed by atoms with Crippen molar-refractivity contribution < 1.29 is 4.79 Å². The van der Waals surface area contributed by atoms with Crippen molar-refractivity contribution in [1.82, 2.24) is 15.1 Å². The molecular formula is C17H35N3O. The predicted molar refractivity (Wildman–Crippen MR) is 89.4 cm³/mol. The Balaban J connectivity index is 2.60. The van der Waals surface area contributed by atoms with Crippen LogP contribution in [0.5, 0.6) is 0 Å². The lowest BCUT2D eigenvalue weighted by atomic mass is 9.93. The highest BCUT2D eigenvalue weighted by molar-refractivity contribution is 5.82. The normalized spacial score (nSPS) is 22.8. The molecule has 124 valence electrons. The molecule has 21 heavy (non-hydrogen) atoms. The first-order valence-corrected chi connectivity index (χ1v) is 8.72. The molecule has 0 aliphatic carbocycles. The van der Waals surface area contributed by atoms with Crippen LogP contribution in [0.3, 0.4) is 0 Å². The summed E-state index contributed by atoms with van der Waals surface area (Å²) in [4.78, 5) is 17.3. The Morgan fingerprint density at radius 1 is 1.24 bits per heavy atom. The van der Waals surface area contributed by atoms with Gasteiger partial charge in [0.15, 0.2) is 0 Å². The molecule has 4 heteroatoms. The monoisotopic (exact) mass is 297 g/mol. The quantitative estimate of drug-likeness (QED) is 0.746. The van der Waals surface area contributed by atoms with E-state index in [-0.39, 0.29) is 6.04 Å². The van der Waals surface area contributed by atoms with Crippen LogP contribution < -0.4 is 5.32 Å². The van der Waals surface area contributed by atoms with Gasteiger partial charge in [-0.3, -0.25) is 4.79 Å². The summed E-state index contributed by atoms with van der Waals surface area (Å²) in [6.45, 7) is 16.8. The Morgan fingerprint density at radius 2 is 1.90 bits per heavy atom. The Kier molecular flexibility index (Phi) is 8.27. The third-order valence-electron chi connectivity index (χ3n) is 4.44. The number of nitrogens with zero attached hydrogens (tertiary/aromatic N) is 2. The van der Waals surface area contributed by atoms with Gasteiger partial charge in [0.25, 0.3) is 0 Å². The molecule has 0 aromatic heterocycles. The molecule has 2 unspecified atom stereocenters. The van der Waals surface area contributed by atoms with Gasteiger partial charge in [0, 0.05) is 19.6 Å². The van der Waals surface area contributed by atoms with Gasteiger partial charge in [-0.2, -0.15) is 0 Å². The molecule has 1 saturated heterocycles. The van der Waals surface area contributed by atoms with E-state index in [1.165, 1.54) is 6.42 Å². The van der Waals surface area contributed by atoms with Gasteiger partial charge in [0.05, 0.1) is 6.04 Å². The fourth-order valence-corrected chi connectivity index (χ4v) is 3.05. The summed E-state index contributed by atoms with van der Waals surface area (Å²) in [5, 5.41) is 3.41. The van der Waals surface area contributed by atoms with Crippen molar-refractivity contribution in [2.24, 2.45) is 11.8 Å². The van der Waals surface area contributed by atoms with Crippen LogP contribution in [-0.4, -0.2) is 61.0 Å². The van der Waals surface area contributed by atoms with Crippen LogP contribution in [0.15, 0.2) is 0 Å². The molecule has 0 aromatic rings. The van der Waals surface area contributed by atoms with E-state index in [2.05, 4.69) is 49.7 Å². The number of hydrogen-bond donors (Lipinski definition) is 1. The van der Waals surface area contributed by atoms with Gasteiger partial charge < -0.3 is 15.1 Å². The number of nitrogens with one attached hydrogen (secondary N) is 1. The lowest BCUT2D eigenvalue weighted by Gasteiger charge is -2.34. The van der Waals surface area contributed by atoms with Crippen LogP contribution in [-0.2, 0) is 4.79 Å². The van der Waals surface area contributed by atoms with Gasteiger partial charge in [0.2, 0.25) is 5.91 Å². The van der Waals surface area contributed by atoms with E-state index in [4.69, 9.17) is 0 Å². The Morgan fingerprint density at radius 3 is 2.43 bits per heavy atom. The zero-order chi connectivity index (χ0) is 15.8. The van der Waals surface area contributed by atoms with Gasteiger partial charge in [-0.15, -0.1) is 0 Å². The molecule has 0 radical (unpaired) electrons. The molecule has 0 saturated carbocycles. The Hall–Kier alpha value is -0.610. The number of carbonyl (C=O) groups is 1. The van der Waals surface area contributed by atoms with Gasteiger partial charge in [-0.25, -0.2) is 0 Å². The van der Waals surface area contributed by atoms with Crippen molar-refractivity contribution >= 4 is 5.91 Å². The second kappa shape index (κ2) is 9.42. The molecule has 0 bridgehead atoms. The number of hydrogen-bond acceptors (Lipinski definition) is 3. The number of carbonyl (C=O) groups excluding carboxylic acids is 1. The molecular weight excluding hydrogens is 262 g/mol. The molecule has 2 atom stereocenters. The van der Waals surface area contributed by atoms with Gasteiger partial charge >= 0.3 is 0 Å². The first-order chi connectivity index (χ1) is 9.97. The smallest absolute Gasteiger partial charge is 0.239 e. The van der Waals surface area contributed by atoms with Gasteiger partial charge in [0.1, 0.15) is 0 Å². The average molecular weight is 297 g/mol. The lowest BCUT2D eigenvalue weighted by Crippen LogP contribution is -2.52. The second-order valence-electron chi connectivity index (χ2n) is 6.84. The maximum atomic E-state index is 12.8. The van der Waals surface area contributed by atoms with Crippen LogP contribution in [0.4, 0.5) is 0 Å². The molecule has 1 aliphatic rings. The van der Waals surface area contributed by atoms with E-state index < -0.39 is 0 Å². The number of likely N-dealkylation sites (N-methyl/N-ethyl adjacent to an activating group) is 1. The first kappa shape index (κ1) is 18.4. The predicted octanol–water partition coefficient (Wildman–Crippen LogP) is 2.20. The molecule has 4 nitrogen and oxygen atoms in total. The molecule has 0 spiro atoms. The summed E-state index contributed by atoms with van der Waals surface area (Å²) in [5.74, 6) is 1.48. The molecule has 1 heterocycles. The SMILES string of the molecule is CCN(CC)CCN(CC(C)C)C(=O)C1CC(C)CCN1. The number of piperidine rings is 1. The summed E-state index contributed by atoms with van der Waals surface area (Å²) < 4.78 is 0. The van der Waals surface area contributed by atoms with E-state index in [1.807, 2.05) is 0 Å². The fraction of sp³-hybridized carbons (Fsp3) is 0.941. The molecule has 1 amide bonds. The highest BCUT2D eigenvalue weighted by Gasteiger charge is 2.28. The minimum Gasteiger partial charge on any atom is -0.340 e. The van der Waals surface area contributed by atoms with Crippen LogP contribution in [0, 0.1) is 11.8 Å². The van der Waals surface area contributed by atoms with E-state index in [0.717, 1.165) is 45.7 Å². The van der Waals surface area contributed by atoms with Crippen LogP contribution in [0.2, 0.25) is 0 Å². The van der Waals surface area contributed by atoms with E-state index in [9.17, 15) is 4.79 Å². The van der Waals surface area contributed by atoms with Crippen molar-refractivity contribution in [3.05, 3.63) is 0 Å². The fourth-order valence-electron chi connectivity index (χ4n) is 3.05. The molecule has 1 rings (SSSR count). The minimum absolute atomic E-state index is 0.0317. The zero-order valence-corrected chi connectivity index (χ0v) is 14.7. The maximum Gasteiger partial charge on any atom is 0.239 e. The lowest BCUT2D eigenvalue weighted by molar-refractivity contribution is -0.135. The van der Waals surface area contributed by atoms with Crippen LogP contribution in [0.1, 0.15) is 47.5 Å². The van der Waals surface area contributed by atoms with Crippen molar-refractivity contribution in [3.8, 4) is 0 Å². The van der Waals surface area contributed by atoms with E-state index >= 15 is 0 Å². The number of rotatable bonds is 8. The largest absolute Gasteiger partial charge is 0.340 e. The van der Waals surface area contributed by atoms with Gasteiger partial charge in [-0.05, 0) is 44.3 Å². The second-order valence-corrected chi connectivity index (χ2v) is 6.84. The summed E-state index contributed by atoms with van der Waals surface area (Å²) >= 11 is 0. The third-order valence-corrected chi connectivity index (χ3v) is 4.44. The first-order valence-electron chi connectivity index (χ1n) is 8.72. The van der Waals surface area contributed by atoms with Crippen molar-refractivity contribution in [1.29, 1.82) is 0 Å². The zero-order valence-electron chi connectivity index (χ0n) is 14.7. The van der Waals surface area contributed by atoms with Crippen molar-refractivity contribution in [2.75, 3.05) is 39.3 Å². The minimum atomic E-state index is 0.0317. The highest BCUT2D eigenvalue weighted by Crippen LogP contribution is 2.17. The summed E-state index contributed by atoms with van der Waals surface area (Å²) in [5.41, 5.74) is 0. The van der Waals surface area contributed by atoms with E-state index in [1.54, 1.807) is 0 Å². The highest BCUT2D eigenvalue weighted by atomic mass is 16.2. The third kappa shape index (κ3) is 6.35. The Labute approximate surface area is 131 Å². The molecule has 1 fully saturated rings. The van der Waals surface area contributed by atoms with Gasteiger partial charge in [-0.1, -0.05) is 34.6 Å². The topological polar surface area (TPSA) is 35.6 Å². The summed E-state index contributed by atoms with van der Waals surface area (Å²) in [6, 6.07) is 0.0317. The van der Waals surface area contributed by atoms with Crippen LogP contribution >= 0.6 is 0 Å². The molecule has 1 aliphatic heterocycles.